The Morgan fingerprint density at radius 3 is 2.77 bits per heavy atom. The van der Waals surface area contributed by atoms with Crippen molar-refractivity contribution in [3.63, 3.8) is 0 Å². The zero-order chi connectivity index (χ0) is 14.9. The molecule has 4 rings (SSSR count). The molecule has 2 aromatic heterocycles. The minimum absolute atomic E-state index is 0.383. The molecule has 0 spiro atoms. The molecule has 0 radical (unpaired) electrons. The summed E-state index contributed by atoms with van der Waals surface area (Å²) in [6.45, 7) is 0. The second kappa shape index (κ2) is 5.00. The molecule has 0 aliphatic rings. The van der Waals surface area contributed by atoms with Gasteiger partial charge in [-0.05, 0) is 35.0 Å². The minimum atomic E-state index is -0.383. The van der Waals surface area contributed by atoms with Gasteiger partial charge in [-0.25, -0.2) is 9.78 Å². The summed E-state index contributed by atoms with van der Waals surface area (Å²) in [5.41, 5.74) is 1.28. The van der Waals surface area contributed by atoms with Gasteiger partial charge in [0.2, 0.25) is 0 Å². The number of esters is 1. The lowest BCUT2D eigenvalue weighted by Crippen LogP contribution is -2.09. The molecule has 4 heteroatoms. The van der Waals surface area contributed by atoms with Crippen LogP contribution in [0.25, 0.3) is 16.4 Å². The SMILES string of the molecule is O=C(Oc1ccc2ccccc2c1)c1ccc2nccn2c1. The Morgan fingerprint density at radius 1 is 1.00 bits per heavy atom. The van der Waals surface area contributed by atoms with E-state index in [1.807, 2.05) is 36.4 Å². The van der Waals surface area contributed by atoms with E-state index >= 15 is 0 Å². The summed E-state index contributed by atoms with van der Waals surface area (Å²) < 4.78 is 7.25. The van der Waals surface area contributed by atoms with E-state index in [2.05, 4.69) is 4.98 Å². The van der Waals surface area contributed by atoms with Crippen LogP contribution in [0.3, 0.4) is 0 Å². The van der Waals surface area contributed by atoms with Crippen molar-refractivity contribution in [2.45, 2.75) is 0 Å². The number of hydrogen-bond donors (Lipinski definition) is 0. The lowest BCUT2D eigenvalue weighted by Gasteiger charge is -2.06. The third-order valence-electron chi connectivity index (χ3n) is 3.56. The van der Waals surface area contributed by atoms with Crippen molar-refractivity contribution >= 4 is 22.4 Å². The summed E-state index contributed by atoms with van der Waals surface area (Å²) in [7, 11) is 0. The molecular weight excluding hydrogens is 276 g/mol. The van der Waals surface area contributed by atoms with Gasteiger partial charge in [0.05, 0.1) is 5.56 Å². The molecular formula is C18H12N2O2. The summed E-state index contributed by atoms with van der Waals surface area (Å²) in [5, 5.41) is 2.15. The summed E-state index contributed by atoms with van der Waals surface area (Å²) in [5.74, 6) is 0.153. The maximum atomic E-state index is 12.3. The fourth-order valence-electron chi connectivity index (χ4n) is 2.44. The Hall–Kier alpha value is -3.14. The standard InChI is InChI=1S/C18H12N2O2/c21-18(15-6-8-17-19-9-10-20(17)12-15)22-16-7-5-13-3-1-2-4-14(13)11-16/h1-12H. The molecule has 0 unspecified atom stereocenters. The first-order valence-electron chi connectivity index (χ1n) is 6.93. The van der Waals surface area contributed by atoms with Gasteiger partial charge in [-0.3, -0.25) is 0 Å². The first-order chi connectivity index (χ1) is 10.8. The third-order valence-corrected chi connectivity index (χ3v) is 3.56. The largest absolute Gasteiger partial charge is 0.423 e. The maximum absolute atomic E-state index is 12.3. The van der Waals surface area contributed by atoms with Crippen LogP contribution in [0.15, 0.2) is 73.2 Å². The number of benzene rings is 2. The van der Waals surface area contributed by atoms with Crippen molar-refractivity contribution in [1.29, 1.82) is 0 Å². The van der Waals surface area contributed by atoms with Crippen LogP contribution < -0.4 is 4.74 Å². The molecule has 0 saturated heterocycles. The zero-order valence-electron chi connectivity index (χ0n) is 11.6. The molecule has 0 fully saturated rings. The topological polar surface area (TPSA) is 43.6 Å². The highest BCUT2D eigenvalue weighted by Crippen LogP contribution is 2.21. The number of nitrogens with zero attached hydrogens (tertiary/aromatic N) is 2. The smallest absolute Gasteiger partial charge is 0.345 e. The number of imidazole rings is 1. The second-order valence-electron chi connectivity index (χ2n) is 5.01. The number of fused-ring (bicyclic) bond motifs is 2. The Bertz CT molecular complexity index is 988. The van der Waals surface area contributed by atoms with Crippen molar-refractivity contribution in [2.75, 3.05) is 0 Å². The number of hydrogen-bond acceptors (Lipinski definition) is 3. The van der Waals surface area contributed by atoms with E-state index < -0.39 is 0 Å². The summed E-state index contributed by atoms with van der Waals surface area (Å²) >= 11 is 0. The molecule has 0 amide bonds. The lowest BCUT2D eigenvalue weighted by atomic mass is 10.1. The molecule has 0 atom stereocenters. The number of aromatic nitrogens is 2. The quantitative estimate of drug-likeness (QED) is 0.417. The van der Waals surface area contributed by atoms with E-state index in [9.17, 15) is 4.79 Å². The highest BCUT2D eigenvalue weighted by atomic mass is 16.5. The van der Waals surface area contributed by atoms with Crippen LogP contribution in [0.5, 0.6) is 5.75 Å². The van der Waals surface area contributed by atoms with Crippen LogP contribution in [0.4, 0.5) is 0 Å². The molecule has 106 valence electrons. The number of carbonyl (C=O) groups is 1. The maximum Gasteiger partial charge on any atom is 0.345 e. The number of pyridine rings is 1. The van der Waals surface area contributed by atoms with E-state index in [-0.39, 0.29) is 5.97 Å². The van der Waals surface area contributed by atoms with Gasteiger partial charge in [0, 0.05) is 18.6 Å². The predicted molar refractivity (Wildman–Crippen MR) is 84.1 cm³/mol. The molecule has 4 nitrogen and oxygen atoms in total. The molecule has 2 heterocycles. The van der Waals surface area contributed by atoms with Gasteiger partial charge in [-0.2, -0.15) is 0 Å². The lowest BCUT2D eigenvalue weighted by molar-refractivity contribution is 0.0734. The van der Waals surface area contributed by atoms with Crippen LogP contribution >= 0.6 is 0 Å². The van der Waals surface area contributed by atoms with Gasteiger partial charge < -0.3 is 9.14 Å². The van der Waals surface area contributed by atoms with E-state index in [4.69, 9.17) is 4.74 Å². The average Bonchev–Trinajstić information content (AvgIpc) is 3.02. The molecule has 2 aromatic carbocycles. The van der Waals surface area contributed by atoms with Gasteiger partial charge in [-0.1, -0.05) is 30.3 Å². The van der Waals surface area contributed by atoms with E-state index in [0.717, 1.165) is 16.4 Å². The van der Waals surface area contributed by atoms with E-state index in [1.54, 1.807) is 41.2 Å². The van der Waals surface area contributed by atoms with Crippen LogP contribution in [-0.4, -0.2) is 15.4 Å². The van der Waals surface area contributed by atoms with Crippen molar-refractivity contribution in [1.82, 2.24) is 9.38 Å². The van der Waals surface area contributed by atoms with E-state index in [1.165, 1.54) is 0 Å². The van der Waals surface area contributed by atoms with Gasteiger partial charge in [-0.15, -0.1) is 0 Å². The van der Waals surface area contributed by atoms with E-state index in [0.29, 0.717) is 11.3 Å². The monoisotopic (exact) mass is 288 g/mol. The Balaban J connectivity index is 1.64. The molecule has 0 bridgehead atoms. The number of carbonyl (C=O) groups excluding carboxylic acids is 1. The Labute approximate surface area is 126 Å². The van der Waals surface area contributed by atoms with Gasteiger partial charge in [0.25, 0.3) is 0 Å². The highest BCUT2D eigenvalue weighted by Gasteiger charge is 2.10. The molecule has 0 aliphatic carbocycles. The highest BCUT2D eigenvalue weighted by molar-refractivity contribution is 5.92. The first kappa shape index (κ1) is 12.6. The Kier molecular flexibility index (Phi) is 2.86. The first-order valence-corrected chi connectivity index (χ1v) is 6.93. The van der Waals surface area contributed by atoms with Crippen molar-refractivity contribution in [3.8, 4) is 5.75 Å². The van der Waals surface area contributed by atoms with Crippen molar-refractivity contribution < 1.29 is 9.53 Å². The summed E-state index contributed by atoms with van der Waals surface area (Å²) in [6, 6.07) is 17.1. The third kappa shape index (κ3) is 2.20. The molecule has 22 heavy (non-hydrogen) atoms. The Morgan fingerprint density at radius 2 is 1.86 bits per heavy atom. The van der Waals surface area contributed by atoms with Gasteiger partial charge >= 0.3 is 5.97 Å². The zero-order valence-corrected chi connectivity index (χ0v) is 11.6. The average molecular weight is 288 g/mol. The molecule has 0 N–H and O–H groups in total. The van der Waals surface area contributed by atoms with Crippen molar-refractivity contribution in [3.05, 3.63) is 78.8 Å². The van der Waals surface area contributed by atoms with Gasteiger partial charge in [0.15, 0.2) is 0 Å². The normalized spacial score (nSPS) is 10.9. The predicted octanol–water partition coefficient (Wildman–Crippen LogP) is 3.71. The molecule has 0 aliphatic heterocycles. The van der Waals surface area contributed by atoms with Gasteiger partial charge in [0.1, 0.15) is 11.4 Å². The molecule has 0 saturated carbocycles. The van der Waals surface area contributed by atoms with Crippen LogP contribution in [0.1, 0.15) is 10.4 Å². The minimum Gasteiger partial charge on any atom is -0.423 e. The number of ether oxygens (including phenoxy) is 1. The van der Waals surface area contributed by atoms with Crippen LogP contribution in [-0.2, 0) is 0 Å². The fraction of sp³-hybridized carbons (Fsp3) is 0. The van der Waals surface area contributed by atoms with Crippen molar-refractivity contribution in [2.24, 2.45) is 0 Å². The van der Waals surface area contributed by atoms with Crippen LogP contribution in [0, 0.1) is 0 Å². The fourth-order valence-corrected chi connectivity index (χ4v) is 2.44. The summed E-state index contributed by atoms with van der Waals surface area (Å²) in [4.78, 5) is 16.4. The summed E-state index contributed by atoms with van der Waals surface area (Å²) in [6.07, 6.45) is 5.20. The van der Waals surface area contributed by atoms with Crippen LogP contribution in [0.2, 0.25) is 0 Å². The molecule has 4 aromatic rings. The number of rotatable bonds is 2. The second-order valence-corrected chi connectivity index (χ2v) is 5.01.